The highest BCUT2D eigenvalue weighted by Gasteiger charge is 2.46. The van der Waals surface area contributed by atoms with E-state index < -0.39 is 64.0 Å². The number of hydrogen-bond acceptors (Lipinski definition) is 10. The Labute approximate surface area is 213 Å². The summed E-state index contributed by atoms with van der Waals surface area (Å²) in [6, 6.07) is 5.53. The summed E-state index contributed by atoms with van der Waals surface area (Å²) < 4.78 is 48.1. The quantitative estimate of drug-likeness (QED) is 0.199. The molecule has 0 saturated carbocycles. The Morgan fingerprint density at radius 3 is 2.68 bits per heavy atom. The van der Waals surface area contributed by atoms with Gasteiger partial charge in [-0.25, -0.2) is 13.9 Å². The van der Waals surface area contributed by atoms with Crippen molar-refractivity contribution in [3.05, 3.63) is 52.8 Å². The van der Waals surface area contributed by atoms with Gasteiger partial charge in [0.2, 0.25) is 5.28 Å². The van der Waals surface area contributed by atoms with Gasteiger partial charge in [-0.3, -0.25) is 9.13 Å². The van der Waals surface area contributed by atoms with Crippen LogP contribution in [-0.2, 0) is 18.4 Å². The molecule has 1 saturated heterocycles. The van der Waals surface area contributed by atoms with Gasteiger partial charge in [-0.15, -0.1) is 5.10 Å². The molecule has 0 radical (unpaired) electrons. The van der Waals surface area contributed by atoms with Gasteiger partial charge < -0.3 is 39.5 Å². The minimum atomic E-state index is -4.85. The summed E-state index contributed by atoms with van der Waals surface area (Å²) in [7, 11) is -9.56. The Morgan fingerprint density at radius 1 is 1.27 bits per heavy atom. The molecule has 0 bridgehead atoms. The molecular formula is C19H23ClFN5O9P2. The number of aromatic nitrogens is 4. The van der Waals surface area contributed by atoms with Crippen molar-refractivity contribution in [3.63, 3.8) is 0 Å². The van der Waals surface area contributed by atoms with Crippen molar-refractivity contribution in [2.45, 2.75) is 37.4 Å². The average Bonchev–Trinajstić information content (AvgIpc) is 3.32. The zero-order chi connectivity index (χ0) is 27.1. The van der Waals surface area contributed by atoms with Crippen molar-refractivity contribution < 1.29 is 47.7 Å². The molecule has 2 aromatic heterocycles. The van der Waals surface area contributed by atoms with Crippen molar-refractivity contribution in [2.24, 2.45) is 0 Å². The van der Waals surface area contributed by atoms with Gasteiger partial charge in [-0.1, -0.05) is 12.1 Å². The van der Waals surface area contributed by atoms with E-state index in [0.717, 1.165) is 0 Å². The highest BCUT2D eigenvalue weighted by molar-refractivity contribution is 7.70. The summed E-state index contributed by atoms with van der Waals surface area (Å²) in [6.07, 6.45) is -4.41. The molecule has 6 N–H and O–H groups in total. The molecule has 0 amide bonds. The molecule has 14 nitrogen and oxygen atoms in total. The molecule has 1 fully saturated rings. The van der Waals surface area contributed by atoms with Crippen molar-refractivity contribution in [1.29, 1.82) is 0 Å². The van der Waals surface area contributed by atoms with Crippen LogP contribution in [0.3, 0.4) is 0 Å². The highest BCUT2D eigenvalue weighted by atomic mass is 35.5. The van der Waals surface area contributed by atoms with E-state index in [1.54, 1.807) is 19.1 Å². The Bertz CT molecular complexity index is 1390. The van der Waals surface area contributed by atoms with Gasteiger partial charge in [-0.2, -0.15) is 4.98 Å². The van der Waals surface area contributed by atoms with Gasteiger partial charge >= 0.3 is 15.2 Å². The zero-order valence-corrected chi connectivity index (χ0v) is 21.5. The van der Waals surface area contributed by atoms with Gasteiger partial charge in [0, 0.05) is 0 Å². The number of fused-ring (bicyclic) bond motifs is 1. The Balaban J connectivity index is 1.55. The number of rotatable bonds is 9. The number of ether oxygens (including phenoxy) is 1. The van der Waals surface area contributed by atoms with Gasteiger partial charge in [0.05, 0.1) is 24.5 Å². The number of aliphatic hydroxyl groups excluding tert-OH is 2. The standard InChI is InChI=1S/C19H23ClFN5O9P2/c1-9(10-3-2-4-11(21)5-10)23-17-18-22-6-12(26(18)25-19(20)24-17)16-15(28)14(27)13(35-16)7-34-37(32,33)8-36(29,30)31/h2-6,9,13-16,27-28H,7-8H2,1H3,(H,32,33)(H,23,24,25)(H2,29,30,31)/t9-,13+,14+,15+,16-/m0/s1. The maximum atomic E-state index is 13.6. The molecule has 1 unspecified atom stereocenters. The summed E-state index contributed by atoms with van der Waals surface area (Å²) in [5, 5.41) is 27.9. The summed E-state index contributed by atoms with van der Waals surface area (Å²) in [5.41, 5.74) is 0.950. The summed E-state index contributed by atoms with van der Waals surface area (Å²) in [4.78, 5) is 35.8. The number of benzene rings is 1. The maximum Gasteiger partial charge on any atom is 0.340 e. The zero-order valence-electron chi connectivity index (χ0n) is 19.0. The molecule has 3 aromatic rings. The first-order chi connectivity index (χ1) is 17.2. The minimum Gasteiger partial charge on any atom is -0.387 e. The van der Waals surface area contributed by atoms with Gasteiger partial charge in [0.1, 0.15) is 30.2 Å². The van der Waals surface area contributed by atoms with Crippen LogP contribution in [0.1, 0.15) is 30.3 Å². The fourth-order valence-electron chi connectivity index (χ4n) is 3.82. The molecule has 0 aliphatic carbocycles. The Morgan fingerprint density at radius 2 is 2.00 bits per heavy atom. The molecule has 1 aliphatic rings. The van der Waals surface area contributed by atoms with E-state index in [9.17, 15) is 28.6 Å². The van der Waals surface area contributed by atoms with Crippen molar-refractivity contribution in [3.8, 4) is 0 Å². The number of anilines is 1. The number of nitrogens with zero attached hydrogens (tertiary/aromatic N) is 4. The highest BCUT2D eigenvalue weighted by Crippen LogP contribution is 2.55. The molecule has 3 heterocycles. The van der Waals surface area contributed by atoms with Crippen LogP contribution in [0.4, 0.5) is 10.2 Å². The third-order valence-corrected chi connectivity index (χ3v) is 9.14. The van der Waals surface area contributed by atoms with E-state index in [4.69, 9.17) is 30.6 Å². The van der Waals surface area contributed by atoms with Crippen LogP contribution >= 0.6 is 26.8 Å². The number of aliphatic hydroxyl groups is 2. The Kier molecular flexibility index (Phi) is 8.03. The number of imidazole rings is 1. The second kappa shape index (κ2) is 10.6. The fraction of sp³-hybridized carbons (Fsp3) is 0.421. The van der Waals surface area contributed by atoms with Crippen molar-refractivity contribution >= 4 is 38.3 Å². The van der Waals surface area contributed by atoms with Crippen LogP contribution in [0.15, 0.2) is 30.5 Å². The van der Waals surface area contributed by atoms with Crippen LogP contribution in [-0.4, -0.2) is 75.3 Å². The smallest absolute Gasteiger partial charge is 0.340 e. The second-order valence-corrected chi connectivity index (χ2v) is 12.7. The van der Waals surface area contributed by atoms with E-state index in [1.807, 2.05) is 0 Å². The van der Waals surface area contributed by atoms with Crippen molar-refractivity contribution in [1.82, 2.24) is 19.6 Å². The maximum absolute atomic E-state index is 13.6. The van der Waals surface area contributed by atoms with E-state index in [1.165, 1.54) is 22.8 Å². The van der Waals surface area contributed by atoms with Gasteiger partial charge in [-0.05, 0) is 36.2 Å². The summed E-state index contributed by atoms with van der Waals surface area (Å²) >= 11 is 6.09. The molecule has 202 valence electrons. The third-order valence-electron chi connectivity index (χ3n) is 5.52. The number of nitrogens with one attached hydrogen (secondary N) is 1. The molecule has 37 heavy (non-hydrogen) atoms. The van der Waals surface area contributed by atoms with E-state index in [0.29, 0.717) is 5.56 Å². The van der Waals surface area contributed by atoms with Crippen molar-refractivity contribution in [2.75, 3.05) is 17.8 Å². The predicted molar refractivity (Wildman–Crippen MR) is 127 cm³/mol. The van der Waals surface area contributed by atoms with Crippen LogP contribution in [0.2, 0.25) is 5.28 Å². The lowest BCUT2D eigenvalue weighted by Crippen LogP contribution is -2.33. The van der Waals surface area contributed by atoms with E-state index in [2.05, 4.69) is 20.4 Å². The molecule has 0 spiro atoms. The normalized spacial score (nSPS) is 24.8. The SMILES string of the molecule is C[C@H](Nc1nc(Cl)nn2c([C@@H]3O[C@H](COP(=O)(O)CP(=O)(O)O)[C@@H](O)[C@H]3O)cnc12)c1cccc(F)c1. The lowest BCUT2D eigenvalue weighted by molar-refractivity contribution is -0.0204. The first kappa shape index (κ1) is 28.0. The third kappa shape index (κ3) is 6.52. The summed E-state index contributed by atoms with van der Waals surface area (Å²) in [5.74, 6) is -1.64. The first-order valence-electron chi connectivity index (χ1n) is 10.7. The largest absolute Gasteiger partial charge is 0.387 e. The lowest BCUT2D eigenvalue weighted by Gasteiger charge is -2.18. The topological polar surface area (TPSA) is 209 Å². The monoisotopic (exact) mass is 581 g/mol. The molecule has 18 heteroatoms. The van der Waals surface area contributed by atoms with Crippen LogP contribution < -0.4 is 5.32 Å². The molecule has 6 atom stereocenters. The van der Waals surface area contributed by atoms with Crippen LogP contribution in [0.25, 0.3) is 5.65 Å². The number of halogens is 2. The lowest BCUT2D eigenvalue weighted by atomic mass is 10.1. The Hall–Kier alpha value is -2.03. The fourth-order valence-corrected chi connectivity index (χ4v) is 6.55. The molecule has 1 aromatic carbocycles. The second-order valence-electron chi connectivity index (χ2n) is 8.38. The minimum absolute atomic E-state index is 0.150. The average molecular weight is 582 g/mol. The van der Waals surface area contributed by atoms with Gasteiger partial charge in [0.25, 0.3) is 0 Å². The molecular weight excluding hydrogens is 559 g/mol. The van der Waals surface area contributed by atoms with E-state index in [-0.39, 0.29) is 22.4 Å². The first-order valence-corrected chi connectivity index (χ1v) is 14.6. The van der Waals surface area contributed by atoms with Crippen LogP contribution in [0, 0.1) is 5.82 Å². The number of hydrogen-bond donors (Lipinski definition) is 6. The molecule has 1 aliphatic heterocycles. The van der Waals surface area contributed by atoms with Gasteiger partial charge in [0.15, 0.2) is 17.4 Å². The summed E-state index contributed by atoms with van der Waals surface area (Å²) in [6.45, 7) is 1.02. The predicted octanol–water partition coefficient (Wildman–Crippen LogP) is 1.59. The van der Waals surface area contributed by atoms with Crippen LogP contribution in [0.5, 0.6) is 0 Å². The van der Waals surface area contributed by atoms with E-state index >= 15 is 0 Å². The molecule has 4 rings (SSSR count).